The summed E-state index contributed by atoms with van der Waals surface area (Å²) < 4.78 is 40.3. The zero-order valence-corrected chi connectivity index (χ0v) is 14.6. The zero-order valence-electron chi connectivity index (χ0n) is 13.8. The molecule has 2 aromatic rings. The van der Waals surface area contributed by atoms with Gasteiger partial charge in [-0.1, -0.05) is 19.3 Å². The molecule has 140 valence electrons. The van der Waals surface area contributed by atoms with E-state index >= 15 is 0 Å². The minimum absolute atomic E-state index is 0.199. The van der Waals surface area contributed by atoms with Crippen molar-refractivity contribution in [2.45, 2.75) is 44.5 Å². The molecule has 1 aliphatic carbocycles. The summed E-state index contributed by atoms with van der Waals surface area (Å²) in [7, 11) is 0. The lowest BCUT2D eigenvalue weighted by Gasteiger charge is -2.22. The summed E-state index contributed by atoms with van der Waals surface area (Å²) in [6.45, 7) is 0. The van der Waals surface area contributed by atoms with Gasteiger partial charge in [0.2, 0.25) is 0 Å². The molecule has 0 aliphatic heterocycles. The summed E-state index contributed by atoms with van der Waals surface area (Å²) in [5.74, 6) is -0.495. The van der Waals surface area contributed by atoms with Crippen LogP contribution in [0.2, 0.25) is 0 Å². The number of nitrogens with one attached hydrogen (secondary N) is 2. The molecule has 0 atom stereocenters. The van der Waals surface area contributed by atoms with E-state index in [1.165, 1.54) is 42.0 Å². The molecule has 9 heteroatoms. The number of alkyl halides is 3. The summed E-state index contributed by atoms with van der Waals surface area (Å²) in [5, 5.41) is 8.10. The lowest BCUT2D eigenvalue weighted by Crippen LogP contribution is -2.36. The molecule has 1 heterocycles. The molecule has 1 saturated carbocycles. The molecule has 0 unspecified atom stereocenters. The van der Waals surface area contributed by atoms with Crippen LogP contribution < -0.4 is 15.4 Å². The molecule has 1 aliphatic rings. The summed E-state index contributed by atoms with van der Waals surface area (Å²) in [4.78, 5) is 16.5. The summed E-state index contributed by atoms with van der Waals surface area (Å²) >= 11 is 1.25. The van der Waals surface area contributed by atoms with Crippen molar-refractivity contribution in [2.75, 3.05) is 5.32 Å². The average molecular weight is 385 g/mol. The number of carbonyl (C=O) groups is 1. The molecular weight excluding hydrogens is 367 g/mol. The first-order valence-electron chi connectivity index (χ1n) is 8.28. The van der Waals surface area contributed by atoms with Crippen LogP contribution in [0.4, 0.5) is 24.0 Å². The topological polar surface area (TPSA) is 63.2 Å². The van der Waals surface area contributed by atoms with Crippen molar-refractivity contribution in [3.8, 4) is 5.75 Å². The third-order valence-corrected chi connectivity index (χ3v) is 4.77. The number of hydrogen-bond acceptors (Lipinski definition) is 5. The van der Waals surface area contributed by atoms with E-state index in [2.05, 4.69) is 20.4 Å². The number of carbonyl (C=O) groups excluding carboxylic acids is 1. The smallest absolute Gasteiger partial charge is 0.406 e. The number of amides is 1. The fourth-order valence-corrected chi connectivity index (χ4v) is 3.52. The van der Waals surface area contributed by atoms with Crippen LogP contribution in [0, 0.1) is 0 Å². The van der Waals surface area contributed by atoms with E-state index in [4.69, 9.17) is 0 Å². The van der Waals surface area contributed by atoms with Crippen molar-refractivity contribution >= 4 is 28.1 Å². The number of nitrogens with zero attached hydrogens (tertiary/aromatic N) is 1. The zero-order chi connectivity index (χ0) is 18.6. The van der Waals surface area contributed by atoms with E-state index < -0.39 is 6.36 Å². The second-order valence-corrected chi connectivity index (χ2v) is 6.90. The first-order chi connectivity index (χ1) is 12.4. The molecule has 1 aromatic heterocycles. The van der Waals surface area contributed by atoms with Crippen LogP contribution in [-0.4, -0.2) is 23.3 Å². The van der Waals surface area contributed by atoms with Crippen molar-refractivity contribution in [1.29, 1.82) is 0 Å². The van der Waals surface area contributed by atoms with E-state index in [-0.39, 0.29) is 17.7 Å². The Morgan fingerprint density at radius 3 is 2.50 bits per heavy atom. The highest BCUT2D eigenvalue weighted by Crippen LogP contribution is 2.26. The Morgan fingerprint density at radius 1 is 1.15 bits per heavy atom. The number of halogens is 3. The van der Waals surface area contributed by atoms with E-state index in [0.717, 1.165) is 25.7 Å². The molecule has 1 amide bonds. The molecule has 5 nitrogen and oxygen atoms in total. The summed E-state index contributed by atoms with van der Waals surface area (Å²) in [6.07, 6.45) is 0.737. The molecule has 0 bridgehead atoms. The normalized spacial score (nSPS) is 15.5. The highest BCUT2D eigenvalue weighted by atomic mass is 32.1. The summed E-state index contributed by atoms with van der Waals surface area (Å²) in [5.41, 5.74) is 0.883. The number of aromatic nitrogens is 1. The van der Waals surface area contributed by atoms with Crippen LogP contribution in [0.15, 0.2) is 29.6 Å². The van der Waals surface area contributed by atoms with Gasteiger partial charge in [0.1, 0.15) is 11.4 Å². The monoisotopic (exact) mass is 385 g/mol. The second kappa shape index (κ2) is 7.94. The first kappa shape index (κ1) is 18.5. The third-order valence-electron chi connectivity index (χ3n) is 4.02. The van der Waals surface area contributed by atoms with Crippen molar-refractivity contribution in [1.82, 2.24) is 10.3 Å². The fraction of sp³-hybridized carbons (Fsp3) is 0.412. The van der Waals surface area contributed by atoms with E-state index in [9.17, 15) is 18.0 Å². The Hall–Kier alpha value is -2.29. The van der Waals surface area contributed by atoms with Crippen LogP contribution in [0.3, 0.4) is 0 Å². The molecule has 0 saturated heterocycles. The maximum atomic E-state index is 12.2. The Morgan fingerprint density at radius 2 is 1.85 bits per heavy atom. The van der Waals surface area contributed by atoms with Gasteiger partial charge in [0, 0.05) is 17.1 Å². The lowest BCUT2D eigenvalue weighted by atomic mass is 9.95. The minimum atomic E-state index is -4.72. The van der Waals surface area contributed by atoms with Crippen LogP contribution >= 0.6 is 11.3 Å². The van der Waals surface area contributed by atoms with Gasteiger partial charge in [0.05, 0.1) is 0 Å². The molecule has 0 radical (unpaired) electrons. The quantitative estimate of drug-likeness (QED) is 0.773. The van der Waals surface area contributed by atoms with Gasteiger partial charge in [-0.25, -0.2) is 4.98 Å². The minimum Gasteiger partial charge on any atom is -0.406 e. The maximum Gasteiger partial charge on any atom is 0.573 e. The molecule has 0 spiro atoms. The highest BCUT2D eigenvalue weighted by molar-refractivity contribution is 7.14. The Bertz CT molecular complexity index is 740. The van der Waals surface area contributed by atoms with E-state index in [0.29, 0.717) is 16.5 Å². The molecule has 1 aromatic carbocycles. The van der Waals surface area contributed by atoms with Gasteiger partial charge < -0.3 is 15.4 Å². The van der Waals surface area contributed by atoms with Gasteiger partial charge in [-0.05, 0) is 37.1 Å². The Kier molecular flexibility index (Phi) is 5.65. The number of anilines is 2. The predicted molar refractivity (Wildman–Crippen MR) is 92.9 cm³/mol. The number of ether oxygens (including phenoxy) is 1. The largest absolute Gasteiger partial charge is 0.573 e. The van der Waals surface area contributed by atoms with E-state index in [1.807, 2.05) is 0 Å². The lowest BCUT2D eigenvalue weighted by molar-refractivity contribution is -0.274. The number of thiazole rings is 1. The molecular formula is C17H18F3N3O2S. The van der Waals surface area contributed by atoms with Crippen molar-refractivity contribution < 1.29 is 22.7 Å². The number of hydrogen-bond donors (Lipinski definition) is 2. The van der Waals surface area contributed by atoms with Crippen molar-refractivity contribution in [3.05, 3.63) is 35.3 Å². The standard InChI is InChI=1S/C17H18F3N3O2S/c18-17(19,20)25-13-8-6-12(7-9-13)22-16-23-14(10-26-16)15(24)21-11-4-2-1-3-5-11/h6-11H,1-5H2,(H,21,24)(H,22,23). The SMILES string of the molecule is O=C(NC1CCCCC1)c1csc(Nc2ccc(OC(F)(F)F)cc2)n1. The summed E-state index contributed by atoms with van der Waals surface area (Å²) in [6, 6.07) is 5.52. The van der Waals surface area contributed by atoms with Crippen molar-refractivity contribution in [2.24, 2.45) is 0 Å². The van der Waals surface area contributed by atoms with Gasteiger partial charge in [0.25, 0.3) is 5.91 Å². The van der Waals surface area contributed by atoms with Crippen LogP contribution in [0.25, 0.3) is 0 Å². The Balaban J connectivity index is 1.56. The number of benzene rings is 1. The number of rotatable bonds is 5. The molecule has 2 N–H and O–H groups in total. The Labute approximate surface area is 152 Å². The first-order valence-corrected chi connectivity index (χ1v) is 9.16. The maximum absolute atomic E-state index is 12.2. The molecule has 26 heavy (non-hydrogen) atoms. The van der Waals surface area contributed by atoms with Gasteiger partial charge in [0.15, 0.2) is 5.13 Å². The van der Waals surface area contributed by atoms with Gasteiger partial charge in [-0.15, -0.1) is 24.5 Å². The highest BCUT2D eigenvalue weighted by Gasteiger charge is 2.31. The van der Waals surface area contributed by atoms with Crippen molar-refractivity contribution in [3.63, 3.8) is 0 Å². The van der Waals surface area contributed by atoms with Crippen LogP contribution in [-0.2, 0) is 0 Å². The van der Waals surface area contributed by atoms with Gasteiger partial charge in [-0.3, -0.25) is 4.79 Å². The molecule has 3 rings (SSSR count). The third kappa shape index (κ3) is 5.35. The van der Waals surface area contributed by atoms with E-state index in [1.54, 1.807) is 5.38 Å². The average Bonchev–Trinajstić information content (AvgIpc) is 3.05. The second-order valence-electron chi connectivity index (χ2n) is 6.04. The van der Waals surface area contributed by atoms with Crippen LogP contribution in [0.1, 0.15) is 42.6 Å². The van der Waals surface area contributed by atoms with Gasteiger partial charge >= 0.3 is 6.36 Å². The van der Waals surface area contributed by atoms with Crippen LogP contribution in [0.5, 0.6) is 5.75 Å². The fourth-order valence-electron chi connectivity index (χ4n) is 2.81. The molecule has 1 fully saturated rings. The van der Waals surface area contributed by atoms with Gasteiger partial charge in [-0.2, -0.15) is 0 Å². The predicted octanol–water partition coefficient (Wildman–Crippen LogP) is 4.85.